The second-order valence-electron chi connectivity index (χ2n) is 8.53. The van der Waals surface area contributed by atoms with E-state index in [0.29, 0.717) is 69.8 Å². The van der Waals surface area contributed by atoms with E-state index in [4.69, 9.17) is 18.9 Å². The number of pyridine rings is 1. The fourth-order valence-corrected chi connectivity index (χ4v) is 3.66. The summed E-state index contributed by atoms with van der Waals surface area (Å²) in [6.45, 7) is 7.66. The van der Waals surface area contributed by atoms with Gasteiger partial charge in [0.25, 0.3) is 5.91 Å². The number of aromatic nitrogens is 1. The van der Waals surface area contributed by atoms with E-state index in [-0.39, 0.29) is 12.0 Å². The van der Waals surface area contributed by atoms with E-state index in [0.717, 1.165) is 18.8 Å². The topological polar surface area (TPSA) is 82.2 Å². The minimum atomic E-state index is -0.527. The number of nitrogens with zero attached hydrogens (tertiary/aromatic N) is 2. The fourth-order valence-electron chi connectivity index (χ4n) is 3.66. The highest BCUT2D eigenvalue weighted by Crippen LogP contribution is 2.32. The summed E-state index contributed by atoms with van der Waals surface area (Å²) in [5, 5.41) is 3.10. The zero-order chi connectivity index (χ0) is 23.0. The van der Waals surface area contributed by atoms with Gasteiger partial charge in [-0.2, -0.15) is 0 Å². The molecule has 0 saturated carbocycles. The van der Waals surface area contributed by atoms with Crippen molar-refractivity contribution in [3.05, 3.63) is 17.8 Å². The molecular weight excluding hydrogens is 417 g/mol. The van der Waals surface area contributed by atoms with Gasteiger partial charge in [-0.05, 0) is 31.4 Å². The Morgan fingerprint density at radius 2 is 2.06 bits per heavy atom. The van der Waals surface area contributed by atoms with Crippen molar-refractivity contribution in [3.63, 3.8) is 0 Å². The lowest BCUT2D eigenvalue weighted by Crippen LogP contribution is -2.52. The molecule has 0 unspecified atom stereocenters. The monoisotopic (exact) mass is 453 g/mol. The van der Waals surface area contributed by atoms with Crippen LogP contribution in [0.2, 0.25) is 0 Å². The average molecular weight is 454 g/mol. The molecule has 0 spiro atoms. The number of amides is 1. The Hall–Kier alpha value is -1.97. The second kappa shape index (κ2) is 11.8. The molecule has 1 aromatic heterocycles. The zero-order valence-corrected chi connectivity index (χ0v) is 19.4. The third kappa shape index (κ3) is 6.08. The lowest BCUT2D eigenvalue weighted by molar-refractivity contribution is -0.0514. The maximum atomic E-state index is 13.1. The maximum Gasteiger partial charge on any atom is 0.270 e. The molecule has 3 rings (SSSR count). The summed E-state index contributed by atoms with van der Waals surface area (Å²) in [6.07, 6.45) is 1.94. The lowest BCUT2D eigenvalue weighted by atomic mass is 9.93. The summed E-state index contributed by atoms with van der Waals surface area (Å²) in [6, 6.07) is 3.61. The predicted molar refractivity (Wildman–Crippen MR) is 119 cm³/mol. The van der Waals surface area contributed by atoms with Crippen LogP contribution in [-0.2, 0) is 14.2 Å². The number of rotatable bonds is 14. The summed E-state index contributed by atoms with van der Waals surface area (Å²) < 4.78 is 34.6. The van der Waals surface area contributed by atoms with E-state index in [2.05, 4.69) is 15.2 Å². The van der Waals surface area contributed by atoms with Crippen molar-refractivity contribution in [2.45, 2.75) is 44.8 Å². The van der Waals surface area contributed by atoms with E-state index in [1.165, 1.54) is 0 Å². The maximum absolute atomic E-state index is 13.1. The minimum absolute atomic E-state index is 0.193. The molecule has 9 heteroatoms. The SMILES string of the molecule is CCC(CC)(COCCCF)NC(=O)c1ccc(N2CC(OC)C2)c(OCC2COC2)n1. The molecule has 1 aromatic rings. The predicted octanol–water partition coefficient (Wildman–Crippen LogP) is 2.61. The fraction of sp³-hybridized carbons (Fsp3) is 0.739. The van der Waals surface area contributed by atoms with E-state index in [1.54, 1.807) is 13.2 Å². The molecule has 1 amide bonds. The Labute approximate surface area is 189 Å². The molecule has 0 bridgehead atoms. The number of hydrogen-bond donors (Lipinski definition) is 1. The molecule has 1 N–H and O–H groups in total. The molecule has 2 saturated heterocycles. The van der Waals surface area contributed by atoms with Crippen LogP contribution in [0.25, 0.3) is 0 Å². The van der Waals surface area contributed by atoms with Crippen molar-refractivity contribution in [2.75, 3.05) is 64.8 Å². The molecule has 0 aliphatic carbocycles. The van der Waals surface area contributed by atoms with Gasteiger partial charge in [-0.1, -0.05) is 13.8 Å². The zero-order valence-electron chi connectivity index (χ0n) is 19.4. The van der Waals surface area contributed by atoms with Crippen molar-refractivity contribution in [1.29, 1.82) is 0 Å². The first-order valence-corrected chi connectivity index (χ1v) is 11.5. The Bertz CT molecular complexity index is 736. The number of anilines is 1. The third-order valence-electron chi connectivity index (χ3n) is 6.29. The van der Waals surface area contributed by atoms with Crippen LogP contribution in [-0.4, -0.2) is 82.4 Å². The van der Waals surface area contributed by atoms with Crippen LogP contribution in [0.4, 0.5) is 10.1 Å². The number of alkyl halides is 1. The first-order valence-electron chi connectivity index (χ1n) is 11.5. The minimum Gasteiger partial charge on any atom is -0.476 e. The van der Waals surface area contributed by atoms with Crippen molar-refractivity contribution in [3.8, 4) is 5.88 Å². The number of carbonyl (C=O) groups is 1. The van der Waals surface area contributed by atoms with Gasteiger partial charge in [0.15, 0.2) is 0 Å². The van der Waals surface area contributed by atoms with Crippen molar-refractivity contribution in [2.24, 2.45) is 5.92 Å². The number of carbonyl (C=O) groups excluding carboxylic acids is 1. The first kappa shape index (κ1) is 24.7. The Morgan fingerprint density at radius 3 is 2.66 bits per heavy atom. The highest BCUT2D eigenvalue weighted by atomic mass is 19.1. The summed E-state index contributed by atoms with van der Waals surface area (Å²) in [5.74, 6) is 0.529. The third-order valence-corrected chi connectivity index (χ3v) is 6.29. The molecule has 0 aromatic carbocycles. The van der Waals surface area contributed by atoms with E-state index in [1.807, 2.05) is 19.9 Å². The quantitative estimate of drug-likeness (QED) is 0.434. The molecule has 32 heavy (non-hydrogen) atoms. The molecule has 3 heterocycles. The molecule has 2 fully saturated rings. The second-order valence-corrected chi connectivity index (χ2v) is 8.53. The van der Waals surface area contributed by atoms with E-state index >= 15 is 0 Å². The normalized spacial score (nSPS) is 17.1. The summed E-state index contributed by atoms with van der Waals surface area (Å²) in [7, 11) is 1.71. The van der Waals surface area contributed by atoms with Gasteiger partial charge in [-0.25, -0.2) is 4.98 Å². The summed E-state index contributed by atoms with van der Waals surface area (Å²) in [5.41, 5.74) is 0.635. The standard InChI is InChI=1S/C23H36FN3O5/c1-4-23(5-2,16-30-10-6-9-24)26-21(28)19-7-8-20(27-11-18(12-27)29-3)22(25-19)32-15-17-13-31-14-17/h7-8,17-18H,4-6,9-16H2,1-3H3,(H,26,28). The Balaban J connectivity index is 1.71. The van der Waals surface area contributed by atoms with Gasteiger partial charge in [-0.15, -0.1) is 0 Å². The molecule has 2 aliphatic heterocycles. The van der Waals surface area contributed by atoms with Crippen LogP contribution >= 0.6 is 0 Å². The molecular formula is C23H36FN3O5. The Morgan fingerprint density at radius 1 is 1.31 bits per heavy atom. The Kier molecular flexibility index (Phi) is 9.07. The van der Waals surface area contributed by atoms with E-state index < -0.39 is 12.2 Å². The van der Waals surface area contributed by atoms with Gasteiger partial charge in [-0.3, -0.25) is 9.18 Å². The van der Waals surface area contributed by atoms with Crippen molar-refractivity contribution >= 4 is 11.6 Å². The number of halogens is 1. The highest BCUT2D eigenvalue weighted by molar-refractivity contribution is 5.93. The molecule has 0 radical (unpaired) electrons. The highest BCUT2D eigenvalue weighted by Gasteiger charge is 2.32. The van der Waals surface area contributed by atoms with Crippen LogP contribution in [0, 0.1) is 5.92 Å². The van der Waals surface area contributed by atoms with Crippen LogP contribution in [0.3, 0.4) is 0 Å². The van der Waals surface area contributed by atoms with Gasteiger partial charge in [0.1, 0.15) is 11.4 Å². The number of hydrogen-bond acceptors (Lipinski definition) is 7. The van der Waals surface area contributed by atoms with Gasteiger partial charge in [0.05, 0.1) is 44.7 Å². The van der Waals surface area contributed by atoms with Crippen LogP contribution in [0.15, 0.2) is 12.1 Å². The van der Waals surface area contributed by atoms with Gasteiger partial charge >= 0.3 is 0 Å². The first-order chi connectivity index (χ1) is 15.5. The van der Waals surface area contributed by atoms with Crippen LogP contribution in [0.5, 0.6) is 5.88 Å². The van der Waals surface area contributed by atoms with Crippen molar-refractivity contribution < 1.29 is 28.1 Å². The van der Waals surface area contributed by atoms with Gasteiger partial charge in [0, 0.05) is 32.7 Å². The molecule has 180 valence electrons. The molecule has 8 nitrogen and oxygen atoms in total. The molecule has 0 atom stereocenters. The van der Waals surface area contributed by atoms with Crippen molar-refractivity contribution in [1.82, 2.24) is 10.3 Å². The van der Waals surface area contributed by atoms with E-state index in [9.17, 15) is 9.18 Å². The van der Waals surface area contributed by atoms with Gasteiger partial charge < -0.3 is 29.2 Å². The van der Waals surface area contributed by atoms with Gasteiger partial charge in [0.2, 0.25) is 5.88 Å². The average Bonchev–Trinajstić information content (AvgIpc) is 2.74. The largest absolute Gasteiger partial charge is 0.476 e. The summed E-state index contributed by atoms with van der Waals surface area (Å²) in [4.78, 5) is 19.8. The summed E-state index contributed by atoms with van der Waals surface area (Å²) >= 11 is 0. The van der Waals surface area contributed by atoms with Crippen LogP contribution in [0.1, 0.15) is 43.6 Å². The smallest absolute Gasteiger partial charge is 0.270 e. The molecule has 2 aliphatic rings. The number of ether oxygens (including phenoxy) is 4. The lowest BCUT2D eigenvalue weighted by Gasteiger charge is -2.40. The number of methoxy groups -OCH3 is 1. The van der Waals surface area contributed by atoms with Crippen LogP contribution < -0.4 is 15.0 Å². The number of nitrogens with one attached hydrogen (secondary N) is 1.